The van der Waals surface area contributed by atoms with Gasteiger partial charge in [-0.3, -0.25) is 14.4 Å². The number of carbonyl (C=O) groups excluding carboxylic acids is 3. The Morgan fingerprint density at radius 1 is 1.23 bits per heavy atom. The van der Waals surface area contributed by atoms with E-state index in [1.54, 1.807) is 9.88 Å². The smallest absolute Gasteiger partial charge is 0.340 e. The Balaban J connectivity index is 1.91. The number of hydrogen-bond donors (Lipinski definition) is 2. The van der Waals surface area contributed by atoms with Gasteiger partial charge in [-0.15, -0.1) is 0 Å². The van der Waals surface area contributed by atoms with E-state index < -0.39 is 35.6 Å². The highest BCUT2D eigenvalue weighted by molar-refractivity contribution is 6.43. The summed E-state index contributed by atoms with van der Waals surface area (Å²) in [6.45, 7) is 2.58. The minimum absolute atomic E-state index is 0.0772. The van der Waals surface area contributed by atoms with Crippen molar-refractivity contribution in [2.75, 3.05) is 5.32 Å². The van der Waals surface area contributed by atoms with Crippen molar-refractivity contribution in [2.45, 2.75) is 45.5 Å². The van der Waals surface area contributed by atoms with Crippen LogP contribution < -0.4 is 10.6 Å². The molecule has 0 saturated carbocycles. The van der Waals surface area contributed by atoms with Crippen molar-refractivity contribution < 1.29 is 31.9 Å². The summed E-state index contributed by atoms with van der Waals surface area (Å²) < 4.78 is 53.1. The predicted octanol–water partition coefficient (Wildman–Crippen LogP) is 4.04. The fourth-order valence-electron chi connectivity index (χ4n) is 3.53. The number of ketones is 1. The summed E-state index contributed by atoms with van der Waals surface area (Å²) in [6, 6.07) is 1.40. The average molecular weight is 460 g/mol. The van der Waals surface area contributed by atoms with Crippen LogP contribution in [0.25, 0.3) is 0 Å². The largest absolute Gasteiger partial charge is 0.408 e. The van der Waals surface area contributed by atoms with Crippen LogP contribution in [-0.4, -0.2) is 34.4 Å². The summed E-state index contributed by atoms with van der Waals surface area (Å²) in [7, 11) is 0. The van der Waals surface area contributed by atoms with Crippen molar-refractivity contribution in [1.29, 1.82) is 0 Å². The summed E-state index contributed by atoms with van der Waals surface area (Å²) in [5, 5.41) is 4.02. The average Bonchev–Trinajstić information content (AvgIpc) is 3.22. The van der Waals surface area contributed by atoms with Gasteiger partial charge in [-0.05, 0) is 50.5 Å². The topological polar surface area (TPSA) is 80.2 Å². The van der Waals surface area contributed by atoms with Crippen LogP contribution in [0.3, 0.4) is 0 Å². The maximum Gasteiger partial charge on any atom is 0.408 e. The van der Waals surface area contributed by atoms with Crippen LogP contribution in [0.1, 0.15) is 45.4 Å². The second-order valence-corrected chi connectivity index (χ2v) is 7.61. The molecule has 2 amide bonds. The molecule has 0 fully saturated rings. The highest BCUT2D eigenvalue weighted by Gasteiger charge is 2.39. The minimum atomic E-state index is -4.70. The lowest BCUT2D eigenvalue weighted by molar-refractivity contribution is -0.156. The molecule has 0 unspecified atom stereocenters. The van der Waals surface area contributed by atoms with E-state index in [4.69, 9.17) is 11.6 Å². The molecule has 2 heterocycles. The Hall–Kier alpha value is -2.88. The zero-order valence-corrected chi connectivity index (χ0v) is 17.2. The van der Waals surface area contributed by atoms with E-state index in [0.717, 1.165) is 13.0 Å². The van der Waals surface area contributed by atoms with E-state index in [-0.39, 0.29) is 27.5 Å². The van der Waals surface area contributed by atoms with Gasteiger partial charge >= 0.3 is 6.18 Å². The number of alkyl halides is 3. The highest BCUT2D eigenvalue weighted by atomic mass is 35.5. The molecule has 1 aromatic heterocycles. The summed E-state index contributed by atoms with van der Waals surface area (Å²) in [6.07, 6.45) is -3.71. The van der Waals surface area contributed by atoms with Gasteiger partial charge in [0.25, 0.3) is 17.6 Å². The molecule has 1 aliphatic rings. The quantitative estimate of drug-likeness (QED) is 0.402. The molecule has 0 aliphatic carbocycles. The number of Topliss-reactive ketones (excluding diaryl/α,β-unsaturated/α-hetero) is 1. The van der Waals surface area contributed by atoms with Gasteiger partial charge in [0.15, 0.2) is 0 Å². The van der Waals surface area contributed by atoms with E-state index >= 15 is 0 Å². The number of fused-ring (bicyclic) bond motifs is 1. The molecule has 1 atom stereocenters. The molecule has 166 valence electrons. The van der Waals surface area contributed by atoms with Crippen LogP contribution in [0.5, 0.6) is 0 Å². The zero-order valence-electron chi connectivity index (χ0n) is 16.5. The molecule has 3 rings (SSSR count). The van der Waals surface area contributed by atoms with Gasteiger partial charge in [0, 0.05) is 17.9 Å². The molecule has 0 spiro atoms. The first-order chi connectivity index (χ1) is 14.4. The zero-order chi connectivity index (χ0) is 23.1. The molecule has 0 bridgehead atoms. The summed E-state index contributed by atoms with van der Waals surface area (Å²) in [4.78, 5) is 37.7. The number of benzene rings is 1. The van der Waals surface area contributed by atoms with Crippen LogP contribution in [-0.2, 0) is 17.8 Å². The van der Waals surface area contributed by atoms with Crippen molar-refractivity contribution >= 4 is 34.9 Å². The maximum absolute atomic E-state index is 13.3. The molecular weight excluding hydrogens is 442 g/mol. The van der Waals surface area contributed by atoms with E-state index in [1.165, 1.54) is 19.1 Å². The summed E-state index contributed by atoms with van der Waals surface area (Å²) in [5.74, 6) is -3.81. The molecule has 1 aliphatic heterocycles. The molecule has 31 heavy (non-hydrogen) atoms. The van der Waals surface area contributed by atoms with E-state index in [1.807, 2.05) is 0 Å². The van der Waals surface area contributed by atoms with Crippen LogP contribution >= 0.6 is 11.6 Å². The highest BCUT2D eigenvalue weighted by Crippen LogP contribution is 2.30. The fourth-order valence-corrected chi connectivity index (χ4v) is 3.72. The van der Waals surface area contributed by atoms with Gasteiger partial charge < -0.3 is 15.2 Å². The lowest BCUT2D eigenvalue weighted by atomic mass is 10.0. The second-order valence-electron chi connectivity index (χ2n) is 7.20. The van der Waals surface area contributed by atoms with E-state index in [2.05, 4.69) is 5.32 Å². The van der Waals surface area contributed by atoms with Gasteiger partial charge in [0.05, 0.1) is 10.6 Å². The molecule has 6 nitrogen and oxygen atoms in total. The SMILES string of the molecule is Cc1c(C(=O)C(=O)N[C@H](C)C(F)(F)F)c2n(c1C(=O)Nc1ccc(F)c(Cl)c1)CCC2. The first kappa shape index (κ1) is 22.8. The monoisotopic (exact) mass is 459 g/mol. The molecule has 2 aromatic rings. The number of amides is 2. The van der Waals surface area contributed by atoms with Crippen molar-refractivity contribution in [3.63, 3.8) is 0 Å². The number of hydrogen-bond acceptors (Lipinski definition) is 3. The lowest BCUT2D eigenvalue weighted by Crippen LogP contribution is -2.46. The standard InChI is InChI=1S/C20H18ClF4N3O3/c1-9-15(17(29)19(31)26-10(2)20(23,24)25)14-4-3-7-28(14)16(9)18(30)27-11-5-6-13(22)12(21)8-11/h5-6,8,10H,3-4,7H2,1-2H3,(H,26,31)(H,27,30)/t10-/m1/s1. The minimum Gasteiger partial charge on any atom is -0.340 e. The molecule has 11 heteroatoms. The van der Waals surface area contributed by atoms with Gasteiger partial charge in [-0.1, -0.05) is 11.6 Å². The van der Waals surface area contributed by atoms with Crippen LogP contribution in [0.2, 0.25) is 5.02 Å². The Bertz CT molecular complexity index is 1080. The second kappa shape index (κ2) is 8.33. The third-order valence-corrected chi connectivity index (χ3v) is 5.36. The van der Waals surface area contributed by atoms with E-state index in [9.17, 15) is 31.9 Å². The van der Waals surface area contributed by atoms with E-state index in [0.29, 0.717) is 25.1 Å². The van der Waals surface area contributed by atoms with Crippen molar-refractivity contribution in [1.82, 2.24) is 9.88 Å². The number of nitrogens with one attached hydrogen (secondary N) is 2. The van der Waals surface area contributed by atoms with Crippen molar-refractivity contribution in [2.24, 2.45) is 0 Å². The number of nitrogens with zero attached hydrogens (tertiary/aromatic N) is 1. The molecular formula is C20H18ClF4N3O3. The van der Waals surface area contributed by atoms with Gasteiger partial charge in [0.1, 0.15) is 17.6 Å². The lowest BCUT2D eigenvalue weighted by Gasteiger charge is -2.16. The van der Waals surface area contributed by atoms with Gasteiger partial charge in [-0.25, -0.2) is 4.39 Å². The number of halogens is 5. The molecule has 0 saturated heterocycles. The van der Waals surface area contributed by atoms with Crippen LogP contribution in [0, 0.1) is 12.7 Å². The first-order valence-electron chi connectivity index (χ1n) is 9.32. The van der Waals surface area contributed by atoms with Crippen molar-refractivity contribution in [3.8, 4) is 0 Å². The Morgan fingerprint density at radius 2 is 1.90 bits per heavy atom. The third kappa shape index (κ3) is 4.43. The third-order valence-electron chi connectivity index (χ3n) is 5.07. The number of rotatable bonds is 5. The normalized spacial score (nSPS) is 14.2. The predicted molar refractivity (Wildman–Crippen MR) is 105 cm³/mol. The van der Waals surface area contributed by atoms with Gasteiger partial charge in [0.2, 0.25) is 0 Å². The first-order valence-corrected chi connectivity index (χ1v) is 9.69. The number of aromatic nitrogens is 1. The van der Waals surface area contributed by atoms with Crippen LogP contribution in [0.4, 0.5) is 23.2 Å². The Labute approximate surface area is 179 Å². The number of carbonyl (C=O) groups is 3. The molecule has 0 radical (unpaired) electrons. The summed E-state index contributed by atoms with van der Waals surface area (Å²) in [5.41, 5.74) is 0.841. The van der Waals surface area contributed by atoms with Crippen LogP contribution in [0.15, 0.2) is 18.2 Å². The molecule has 1 aromatic carbocycles. The molecule has 2 N–H and O–H groups in total. The summed E-state index contributed by atoms with van der Waals surface area (Å²) >= 11 is 5.72. The Kier molecular flexibility index (Phi) is 6.13. The van der Waals surface area contributed by atoms with Gasteiger partial charge in [-0.2, -0.15) is 13.2 Å². The fraction of sp³-hybridized carbons (Fsp3) is 0.350. The maximum atomic E-state index is 13.3. The van der Waals surface area contributed by atoms with Crippen molar-refractivity contribution in [3.05, 3.63) is 51.6 Å². The Morgan fingerprint density at radius 3 is 2.52 bits per heavy atom. The number of anilines is 1.